The first kappa shape index (κ1) is 27.6. The molecule has 8 heteroatoms. The smallest absolute Gasteiger partial charge is 0.312 e. The van der Waals surface area contributed by atoms with E-state index >= 15 is 0 Å². The molecular formula is C36H30O8. The van der Waals surface area contributed by atoms with Gasteiger partial charge in [0.1, 0.15) is 23.0 Å². The van der Waals surface area contributed by atoms with Crippen LogP contribution in [0.2, 0.25) is 0 Å². The summed E-state index contributed by atoms with van der Waals surface area (Å²) in [5.74, 6) is 2.80. The summed E-state index contributed by atoms with van der Waals surface area (Å²) in [4.78, 5) is 26.1. The van der Waals surface area contributed by atoms with Gasteiger partial charge in [-0.25, -0.2) is 0 Å². The summed E-state index contributed by atoms with van der Waals surface area (Å²) in [6, 6.07) is 22.5. The molecule has 0 spiro atoms. The molecule has 0 unspecified atom stereocenters. The third kappa shape index (κ3) is 5.13. The first-order valence-corrected chi connectivity index (χ1v) is 14.5. The van der Waals surface area contributed by atoms with E-state index in [4.69, 9.17) is 28.4 Å². The summed E-state index contributed by atoms with van der Waals surface area (Å²) in [6.07, 6.45) is 3.42. The molecule has 8 nitrogen and oxygen atoms in total. The molecule has 4 aromatic rings. The van der Waals surface area contributed by atoms with E-state index in [1.165, 1.54) is 11.1 Å². The van der Waals surface area contributed by atoms with Crippen LogP contribution in [0.1, 0.15) is 50.5 Å². The molecular weight excluding hydrogens is 560 g/mol. The highest BCUT2D eigenvalue weighted by molar-refractivity contribution is 6.15. The maximum absolute atomic E-state index is 13.4. The molecule has 4 aromatic carbocycles. The molecule has 44 heavy (non-hydrogen) atoms. The highest BCUT2D eigenvalue weighted by Gasteiger charge is 2.38. The number of methoxy groups -OCH3 is 2. The zero-order chi connectivity index (χ0) is 30.2. The lowest BCUT2D eigenvalue weighted by molar-refractivity contribution is -0.135. The Morgan fingerprint density at radius 3 is 2.52 bits per heavy atom. The minimum atomic E-state index is -0.417. The second-order valence-electron chi connectivity index (χ2n) is 10.8. The Kier molecular flexibility index (Phi) is 7.18. The van der Waals surface area contributed by atoms with Crippen LogP contribution in [0.15, 0.2) is 78.6 Å². The number of ether oxygens (including phenoxy) is 6. The van der Waals surface area contributed by atoms with Crippen molar-refractivity contribution in [2.24, 2.45) is 0 Å². The zero-order valence-electron chi connectivity index (χ0n) is 24.4. The van der Waals surface area contributed by atoms with Crippen LogP contribution < -0.4 is 28.4 Å². The summed E-state index contributed by atoms with van der Waals surface area (Å²) in [5, 5.41) is 0. The molecule has 0 N–H and O–H groups in total. The van der Waals surface area contributed by atoms with Crippen LogP contribution in [-0.2, 0) is 17.6 Å². The monoisotopic (exact) mass is 590 g/mol. The molecule has 0 saturated carbocycles. The largest absolute Gasteiger partial charge is 0.497 e. The fraction of sp³-hybridized carbons (Fsp3) is 0.222. The molecule has 3 heterocycles. The molecule has 222 valence electrons. The lowest BCUT2D eigenvalue weighted by Gasteiger charge is -2.27. The SMILES string of the molecule is COc1ccc(/C=C2\Oc3c(ccc4c3[C@H](c3ccc(OC)c(OCCc5ccc6c(c5)CCO6)c3)CC(=O)O4)C2=O)cc1. The van der Waals surface area contributed by atoms with E-state index in [0.29, 0.717) is 52.9 Å². The van der Waals surface area contributed by atoms with Crippen molar-refractivity contribution in [3.63, 3.8) is 0 Å². The van der Waals surface area contributed by atoms with Gasteiger partial charge in [0.2, 0.25) is 5.78 Å². The number of rotatable bonds is 8. The number of carbonyl (C=O) groups excluding carboxylic acids is 2. The number of esters is 1. The maximum Gasteiger partial charge on any atom is 0.312 e. The molecule has 0 aromatic heterocycles. The summed E-state index contributed by atoms with van der Waals surface area (Å²) < 4.78 is 34.5. The van der Waals surface area contributed by atoms with Crippen LogP contribution in [0.5, 0.6) is 34.5 Å². The van der Waals surface area contributed by atoms with E-state index in [0.717, 1.165) is 29.9 Å². The second kappa shape index (κ2) is 11.4. The minimum absolute atomic E-state index is 0.0848. The van der Waals surface area contributed by atoms with Gasteiger partial charge < -0.3 is 28.4 Å². The van der Waals surface area contributed by atoms with Gasteiger partial charge in [-0.3, -0.25) is 9.59 Å². The number of ketones is 1. The average molecular weight is 591 g/mol. The fourth-order valence-electron chi connectivity index (χ4n) is 5.94. The second-order valence-corrected chi connectivity index (χ2v) is 10.8. The Balaban J connectivity index is 1.17. The lowest BCUT2D eigenvalue weighted by atomic mass is 9.84. The molecule has 0 amide bonds. The van der Waals surface area contributed by atoms with E-state index in [1.54, 1.807) is 32.4 Å². The molecule has 3 aliphatic heterocycles. The molecule has 0 radical (unpaired) electrons. The van der Waals surface area contributed by atoms with Crippen molar-refractivity contribution in [2.75, 3.05) is 27.4 Å². The summed E-state index contributed by atoms with van der Waals surface area (Å²) >= 11 is 0. The Morgan fingerprint density at radius 1 is 0.864 bits per heavy atom. The van der Waals surface area contributed by atoms with Crippen molar-refractivity contribution in [1.82, 2.24) is 0 Å². The van der Waals surface area contributed by atoms with Crippen LogP contribution >= 0.6 is 0 Å². The van der Waals surface area contributed by atoms with Gasteiger partial charge in [0.15, 0.2) is 17.3 Å². The van der Waals surface area contributed by atoms with Crippen molar-refractivity contribution < 1.29 is 38.0 Å². The Hall–Kier alpha value is -5.24. The summed E-state index contributed by atoms with van der Waals surface area (Å²) in [6.45, 7) is 1.16. The molecule has 3 aliphatic rings. The maximum atomic E-state index is 13.4. The lowest BCUT2D eigenvalue weighted by Crippen LogP contribution is -2.21. The highest BCUT2D eigenvalue weighted by atomic mass is 16.5. The third-order valence-corrected chi connectivity index (χ3v) is 8.19. The van der Waals surface area contributed by atoms with E-state index < -0.39 is 5.92 Å². The van der Waals surface area contributed by atoms with Crippen LogP contribution in [0.4, 0.5) is 0 Å². The van der Waals surface area contributed by atoms with E-state index in [-0.39, 0.29) is 23.9 Å². The molecule has 1 atom stereocenters. The van der Waals surface area contributed by atoms with Crippen molar-refractivity contribution in [2.45, 2.75) is 25.2 Å². The minimum Gasteiger partial charge on any atom is -0.497 e. The molecule has 7 rings (SSSR count). The normalized spacial score (nSPS) is 17.2. The number of fused-ring (bicyclic) bond motifs is 4. The molecule has 0 saturated heterocycles. The van der Waals surface area contributed by atoms with Crippen molar-refractivity contribution in [3.05, 3.63) is 112 Å². The van der Waals surface area contributed by atoms with E-state index in [1.807, 2.05) is 48.5 Å². The van der Waals surface area contributed by atoms with Gasteiger partial charge >= 0.3 is 5.97 Å². The number of allylic oxidation sites excluding steroid dienone is 1. The number of carbonyl (C=O) groups is 2. The van der Waals surface area contributed by atoms with Crippen LogP contribution in [-0.4, -0.2) is 39.2 Å². The zero-order valence-corrected chi connectivity index (χ0v) is 24.4. The summed E-state index contributed by atoms with van der Waals surface area (Å²) in [7, 11) is 3.20. The number of Topliss-reactive ketones (excluding diaryl/α,β-unsaturated/α-hetero) is 1. The molecule has 0 fully saturated rings. The topological polar surface area (TPSA) is 89.5 Å². The van der Waals surface area contributed by atoms with Crippen molar-refractivity contribution in [1.29, 1.82) is 0 Å². The van der Waals surface area contributed by atoms with Gasteiger partial charge in [-0.2, -0.15) is 0 Å². The van der Waals surface area contributed by atoms with Crippen molar-refractivity contribution in [3.8, 4) is 34.5 Å². The van der Waals surface area contributed by atoms with Gasteiger partial charge in [-0.1, -0.05) is 30.3 Å². The van der Waals surface area contributed by atoms with Gasteiger partial charge in [0.05, 0.1) is 39.4 Å². The van der Waals surface area contributed by atoms with Crippen LogP contribution in [0.25, 0.3) is 6.08 Å². The van der Waals surface area contributed by atoms with Gasteiger partial charge in [0.25, 0.3) is 0 Å². The fourth-order valence-corrected chi connectivity index (χ4v) is 5.94. The quantitative estimate of drug-likeness (QED) is 0.134. The number of hydrogen-bond donors (Lipinski definition) is 0. The third-order valence-electron chi connectivity index (χ3n) is 8.19. The predicted molar refractivity (Wildman–Crippen MR) is 162 cm³/mol. The molecule has 0 aliphatic carbocycles. The van der Waals surface area contributed by atoms with Crippen LogP contribution in [0, 0.1) is 0 Å². The van der Waals surface area contributed by atoms with Gasteiger partial charge in [-0.05, 0) is 70.8 Å². The Morgan fingerprint density at radius 2 is 1.70 bits per heavy atom. The number of hydrogen-bond acceptors (Lipinski definition) is 8. The standard InChI is InChI=1S/C36H30O8/c1-39-25-7-3-21(4-8-25)18-32-35(38)26-9-12-30-34(36(26)44-32)27(20-33(37)43-30)23-6-11-29(40-2)31(19-23)42-15-13-22-5-10-28-24(17-22)14-16-41-28/h3-12,17-19,27H,13-16,20H2,1-2H3/b32-18-/t27-/m0/s1. The Labute approximate surface area is 254 Å². The Bertz CT molecular complexity index is 1800. The van der Waals surface area contributed by atoms with E-state index in [2.05, 4.69) is 12.1 Å². The predicted octanol–water partition coefficient (Wildman–Crippen LogP) is 6.32. The number of benzene rings is 4. The van der Waals surface area contributed by atoms with Crippen LogP contribution in [0.3, 0.4) is 0 Å². The highest BCUT2D eigenvalue weighted by Crippen LogP contribution is 2.50. The van der Waals surface area contributed by atoms with E-state index in [9.17, 15) is 9.59 Å². The van der Waals surface area contributed by atoms with Crippen molar-refractivity contribution >= 4 is 17.8 Å². The molecule has 0 bridgehead atoms. The first-order valence-electron chi connectivity index (χ1n) is 14.5. The average Bonchev–Trinajstić information content (AvgIpc) is 3.64. The van der Waals surface area contributed by atoms with Gasteiger partial charge in [-0.15, -0.1) is 0 Å². The first-order chi connectivity index (χ1) is 21.5. The summed E-state index contributed by atoms with van der Waals surface area (Å²) in [5.41, 5.74) is 5.10. The van der Waals surface area contributed by atoms with Gasteiger partial charge in [0, 0.05) is 24.3 Å².